The van der Waals surface area contributed by atoms with Crippen LogP contribution in [0.3, 0.4) is 0 Å². The lowest BCUT2D eigenvalue weighted by Crippen LogP contribution is -2.38. The van der Waals surface area contributed by atoms with Crippen LogP contribution in [0, 0.1) is 17.3 Å². The van der Waals surface area contributed by atoms with Gasteiger partial charge in [0.15, 0.2) is 0 Å². The molecule has 3 atom stereocenters. The van der Waals surface area contributed by atoms with Crippen LogP contribution in [0.5, 0.6) is 0 Å². The topological polar surface area (TPSA) is 26.0 Å². The molecule has 0 amide bonds. The van der Waals surface area contributed by atoms with Crippen LogP contribution in [0.4, 0.5) is 0 Å². The molecule has 1 nitrogen and oxygen atoms in total. The summed E-state index contributed by atoms with van der Waals surface area (Å²) in [6, 6.07) is 0.476. The highest BCUT2D eigenvalue weighted by Crippen LogP contribution is 2.42. The molecule has 0 aromatic heterocycles. The molecule has 0 aromatic carbocycles. The van der Waals surface area contributed by atoms with E-state index < -0.39 is 0 Å². The van der Waals surface area contributed by atoms with Crippen molar-refractivity contribution in [3.63, 3.8) is 0 Å². The van der Waals surface area contributed by atoms with Gasteiger partial charge in [0.05, 0.1) is 0 Å². The lowest BCUT2D eigenvalue weighted by atomic mass is 9.65. The van der Waals surface area contributed by atoms with Gasteiger partial charge in [0.1, 0.15) is 0 Å². The molecule has 1 heteroatoms. The zero-order valence-corrected chi connectivity index (χ0v) is 9.64. The van der Waals surface area contributed by atoms with Gasteiger partial charge < -0.3 is 5.73 Å². The van der Waals surface area contributed by atoms with Gasteiger partial charge >= 0.3 is 0 Å². The van der Waals surface area contributed by atoms with Gasteiger partial charge in [-0.15, -0.1) is 0 Å². The van der Waals surface area contributed by atoms with E-state index in [0.29, 0.717) is 11.5 Å². The summed E-state index contributed by atoms with van der Waals surface area (Å²) in [5, 5.41) is 0. The van der Waals surface area contributed by atoms with Crippen LogP contribution >= 0.6 is 0 Å². The monoisotopic (exact) mass is 183 g/mol. The lowest BCUT2D eigenvalue weighted by Gasteiger charge is -2.42. The summed E-state index contributed by atoms with van der Waals surface area (Å²) in [6.45, 7) is 9.42. The first-order chi connectivity index (χ1) is 5.95. The second-order valence-electron chi connectivity index (χ2n) is 5.71. The Hall–Kier alpha value is -0.0400. The number of rotatable bonds is 1. The van der Waals surface area contributed by atoms with E-state index in [1.165, 1.54) is 25.7 Å². The first-order valence-corrected chi connectivity index (χ1v) is 5.70. The third-order valence-electron chi connectivity index (χ3n) is 3.66. The molecule has 78 valence electrons. The van der Waals surface area contributed by atoms with Crippen LogP contribution < -0.4 is 5.73 Å². The van der Waals surface area contributed by atoms with Crippen LogP contribution in [0.2, 0.25) is 0 Å². The van der Waals surface area contributed by atoms with Crippen LogP contribution in [-0.4, -0.2) is 6.04 Å². The van der Waals surface area contributed by atoms with Gasteiger partial charge in [-0.3, -0.25) is 0 Å². The smallest absolute Gasteiger partial charge is 0.00416 e. The minimum absolute atomic E-state index is 0.473. The van der Waals surface area contributed by atoms with E-state index in [1.54, 1.807) is 0 Å². The summed E-state index contributed by atoms with van der Waals surface area (Å²) in [6.07, 6.45) is 5.12. The number of hydrogen-bond acceptors (Lipinski definition) is 1. The second kappa shape index (κ2) is 4.00. The highest BCUT2D eigenvalue weighted by atomic mass is 14.6. The maximum Gasteiger partial charge on any atom is 0.00416 e. The molecule has 2 N–H and O–H groups in total. The predicted molar refractivity (Wildman–Crippen MR) is 58.6 cm³/mol. The molecule has 1 fully saturated rings. The summed E-state index contributed by atoms with van der Waals surface area (Å²) in [5.74, 6) is 1.75. The fourth-order valence-electron chi connectivity index (χ4n) is 2.89. The molecular weight excluding hydrogens is 158 g/mol. The van der Waals surface area contributed by atoms with E-state index in [4.69, 9.17) is 5.73 Å². The Kier molecular flexibility index (Phi) is 3.39. The molecule has 1 aliphatic carbocycles. The second-order valence-corrected chi connectivity index (χ2v) is 5.71. The van der Waals surface area contributed by atoms with E-state index in [-0.39, 0.29) is 0 Å². The van der Waals surface area contributed by atoms with Gasteiger partial charge in [-0.1, -0.05) is 34.1 Å². The van der Waals surface area contributed by atoms with Crippen molar-refractivity contribution in [2.75, 3.05) is 0 Å². The van der Waals surface area contributed by atoms with Gasteiger partial charge in [0.25, 0.3) is 0 Å². The third kappa shape index (κ3) is 2.70. The SMILES string of the molecule is CCC1CC(N)CCC1C(C)(C)C. The maximum absolute atomic E-state index is 6.01. The lowest BCUT2D eigenvalue weighted by molar-refractivity contribution is 0.0956. The average Bonchev–Trinajstić information content (AvgIpc) is 2.01. The van der Waals surface area contributed by atoms with Crippen molar-refractivity contribution < 1.29 is 0 Å². The molecular formula is C12H25N. The first kappa shape index (κ1) is 11.0. The van der Waals surface area contributed by atoms with Gasteiger partial charge in [0.2, 0.25) is 0 Å². The average molecular weight is 183 g/mol. The van der Waals surface area contributed by atoms with E-state index in [1.807, 2.05) is 0 Å². The van der Waals surface area contributed by atoms with Crippen LogP contribution in [0.25, 0.3) is 0 Å². The van der Waals surface area contributed by atoms with Crippen molar-refractivity contribution in [3.05, 3.63) is 0 Å². The Morgan fingerprint density at radius 3 is 2.31 bits per heavy atom. The van der Waals surface area contributed by atoms with E-state index >= 15 is 0 Å². The molecule has 1 rings (SSSR count). The summed E-state index contributed by atoms with van der Waals surface area (Å²) < 4.78 is 0. The fraction of sp³-hybridized carbons (Fsp3) is 1.00. The quantitative estimate of drug-likeness (QED) is 0.664. The van der Waals surface area contributed by atoms with Crippen LogP contribution in [0.1, 0.15) is 53.4 Å². The highest BCUT2D eigenvalue weighted by molar-refractivity contribution is 4.87. The fourth-order valence-corrected chi connectivity index (χ4v) is 2.89. The largest absolute Gasteiger partial charge is 0.328 e. The Bertz CT molecular complexity index is 157. The zero-order valence-electron chi connectivity index (χ0n) is 9.64. The molecule has 0 saturated heterocycles. The zero-order chi connectivity index (χ0) is 10.1. The van der Waals surface area contributed by atoms with Crippen LogP contribution in [0.15, 0.2) is 0 Å². The van der Waals surface area contributed by atoms with Gasteiger partial charge in [-0.25, -0.2) is 0 Å². The van der Waals surface area contributed by atoms with Crippen molar-refractivity contribution in [2.45, 2.75) is 59.4 Å². The molecule has 3 unspecified atom stereocenters. The maximum atomic E-state index is 6.01. The summed E-state index contributed by atoms with van der Waals surface area (Å²) in [5.41, 5.74) is 6.48. The summed E-state index contributed by atoms with van der Waals surface area (Å²) in [7, 11) is 0. The van der Waals surface area contributed by atoms with Crippen molar-refractivity contribution >= 4 is 0 Å². The minimum atomic E-state index is 0.473. The third-order valence-corrected chi connectivity index (χ3v) is 3.66. The molecule has 0 aromatic rings. The van der Waals surface area contributed by atoms with Crippen LogP contribution in [-0.2, 0) is 0 Å². The Morgan fingerprint density at radius 1 is 1.23 bits per heavy atom. The minimum Gasteiger partial charge on any atom is -0.328 e. The normalized spacial score (nSPS) is 36.2. The Balaban J connectivity index is 2.63. The van der Waals surface area contributed by atoms with Gasteiger partial charge in [-0.2, -0.15) is 0 Å². The van der Waals surface area contributed by atoms with Gasteiger partial charge in [-0.05, 0) is 36.5 Å². The van der Waals surface area contributed by atoms with Crippen molar-refractivity contribution in [1.82, 2.24) is 0 Å². The molecule has 1 aliphatic rings. The number of hydrogen-bond donors (Lipinski definition) is 1. The number of nitrogens with two attached hydrogens (primary N) is 1. The predicted octanol–water partition coefficient (Wildman–Crippen LogP) is 3.19. The molecule has 0 heterocycles. The first-order valence-electron chi connectivity index (χ1n) is 5.70. The van der Waals surface area contributed by atoms with Gasteiger partial charge in [0, 0.05) is 6.04 Å². The Labute approximate surface area is 83.1 Å². The summed E-state index contributed by atoms with van der Waals surface area (Å²) in [4.78, 5) is 0. The van der Waals surface area contributed by atoms with Crippen molar-refractivity contribution in [2.24, 2.45) is 23.0 Å². The summed E-state index contributed by atoms with van der Waals surface area (Å²) >= 11 is 0. The van der Waals surface area contributed by atoms with Crippen molar-refractivity contribution in [3.8, 4) is 0 Å². The molecule has 13 heavy (non-hydrogen) atoms. The van der Waals surface area contributed by atoms with Crippen molar-refractivity contribution in [1.29, 1.82) is 0 Å². The van der Waals surface area contributed by atoms with E-state index in [2.05, 4.69) is 27.7 Å². The Morgan fingerprint density at radius 2 is 1.85 bits per heavy atom. The molecule has 0 bridgehead atoms. The molecule has 0 radical (unpaired) electrons. The molecule has 0 aliphatic heterocycles. The molecule has 1 saturated carbocycles. The highest BCUT2D eigenvalue weighted by Gasteiger charge is 2.35. The van der Waals surface area contributed by atoms with E-state index in [9.17, 15) is 0 Å². The standard InChI is InChI=1S/C12H25N/c1-5-9-8-10(13)6-7-11(9)12(2,3)4/h9-11H,5-8,13H2,1-4H3. The molecule has 0 spiro atoms. The van der Waals surface area contributed by atoms with E-state index in [0.717, 1.165) is 11.8 Å².